The van der Waals surface area contributed by atoms with E-state index in [4.69, 9.17) is 16.3 Å². The van der Waals surface area contributed by atoms with Gasteiger partial charge in [0.05, 0.1) is 23.7 Å². The summed E-state index contributed by atoms with van der Waals surface area (Å²) in [5.41, 5.74) is 2.23. The van der Waals surface area contributed by atoms with Crippen LogP contribution in [0.4, 0.5) is 0 Å². The van der Waals surface area contributed by atoms with Crippen molar-refractivity contribution in [2.45, 2.75) is 39.7 Å². The molecule has 1 aromatic carbocycles. The normalized spacial score (nSPS) is 13.3. The largest absolute Gasteiger partial charge is 0.461 e. The van der Waals surface area contributed by atoms with Crippen LogP contribution in [0, 0.1) is 13.8 Å². The highest BCUT2D eigenvalue weighted by atomic mass is 35.5. The molecular formula is C21H23ClN2O4. The van der Waals surface area contributed by atoms with Crippen LogP contribution in [0.5, 0.6) is 0 Å². The van der Waals surface area contributed by atoms with E-state index in [9.17, 15) is 14.4 Å². The van der Waals surface area contributed by atoms with Crippen LogP contribution >= 0.6 is 11.6 Å². The predicted molar refractivity (Wildman–Crippen MR) is 106 cm³/mol. The van der Waals surface area contributed by atoms with Gasteiger partial charge >= 0.3 is 5.97 Å². The predicted octanol–water partition coefficient (Wildman–Crippen LogP) is 3.95. The monoisotopic (exact) mass is 402 g/mol. The van der Waals surface area contributed by atoms with Gasteiger partial charge in [-0.05, 0) is 51.3 Å². The van der Waals surface area contributed by atoms with Gasteiger partial charge in [0.1, 0.15) is 5.69 Å². The molecule has 0 saturated heterocycles. The van der Waals surface area contributed by atoms with E-state index in [-0.39, 0.29) is 36.6 Å². The summed E-state index contributed by atoms with van der Waals surface area (Å²) in [7, 11) is 0. The molecule has 28 heavy (non-hydrogen) atoms. The van der Waals surface area contributed by atoms with Crippen molar-refractivity contribution >= 4 is 29.3 Å². The van der Waals surface area contributed by atoms with Crippen molar-refractivity contribution in [3.63, 3.8) is 0 Å². The van der Waals surface area contributed by atoms with E-state index in [2.05, 4.69) is 4.98 Å². The van der Waals surface area contributed by atoms with Crippen molar-refractivity contribution in [2.75, 3.05) is 13.2 Å². The molecule has 7 heteroatoms. The van der Waals surface area contributed by atoms with E-state index < -0.39 is 5.97 Å². The first-order valence-electron chi connectivity index (χ1n) is 9.30. The number of aryl methyl sites for hydroxylation is 1. The summed E-state index contributed by atoms with van der Waals surface area (Å²) in [5.74, 6) is -0.958. The fourth-order valence-electron chi connectivity index (χ4n) is 3.35. The Kier molecular flexibility index (Phi) is 5.89. The highest BCUT2D eigenvalue weighted by molar-refractivity contribution is 6.33. The second-order valence-electron chi connectivity index (χ2n) is 6.91. The Balaban J connectivity index is 1.85. The van der Waals surface area contributed by atoms with Gasteiger partial charge in [0.15, 0.2) is 5.78 Å². The van der Waals surface area contributed by atoms with E-state index in [0.717, 1.165) is 12.8 Å². The van der Waals surface area contributed by atoms with E-state index in [1.54, 1.807) is 49.9 Å². The van der Waals surface area contributed by atoms with E-state index in [1.807, 2.05) is 0 Å². The standard InChI is InChI=1S/C21H23ClN2O4/c1-4-28-21(27)19-12(2)18(13(3)23-19)17(25)11-24(14-9-10-14)20(26)15-7-5-6-8-16(15)22/h5-8,14,23H,4,9-11H2,1-3H3. The number of aromatic amines is 1. The number of benzene rings is 1. The van der Waals surface area contributed by atoms with Crippen LogP contribution in [0.3, 0.4) is 0 Å². The lowest BCUT2D eigenvalue weighted by Gasteiger charge is -2.22. The van der Waals surface area contributed by atoms with E-state index >= 15 is 0 Å². The molecule has 0 spiro atoms. The van der Waals surface area contributed by atoms with Gasteiger partial charge in [-0.1, -0.05) is 23.7 Å². The Labute approximate surface area is 168 Å². The van der Waals surface area contributed by atoms with E-state index in [1.165, 1.54) is 0 Å². The van der Waals surface area contributed by atoms with Gasteiger partial charge in [0.2, 0.25) is 0 Å². The van der Waals surface area contributed by atoms with Crippen molar-refractivity contribution in [3.05, 3.63) is 57.4 Å². The molecule has 1 aliphatic carbocycles. The van der Waals surface area contributed by atoms with Crippen molar-refractivity contribution < 1.29 is 19.1 Å². The Morgan fingerprint density at radius 1 is 1.21 bits per heavy atom. The minimum absolute atomic E-state index is 0.0387. The van der Waals surface area contributed by atoms with Gasteiger partial charge in [0.25, 0.3) is 5.91 Å². The van der Waals surface area contributed by atoms with Crippen LogP contribution in [-0.2, 0) is 4.74 Å². The van der Waals surface area contributed by atoms with Crippen molar-refractivity contribution in [3.8, 4) is 0 Å². The second kappa shape index (κ2) is 8.19. The summed E-state index contributed by atoms with van der Waals surface area (Å²) in [4.78, 5) is 42.6. The van der Waals surface area contributed by atoms with E-state index in [0.29, 0.717) is 27.4 Å². The molecule has 0 bridgehead atoms. The molecule has 1 heterocycles. The maximum atomic E-state index is 13.0. The molecule has 1 saturated carbocycles. The number of Topliss-reactive ketones (excluding diaryl/α,β-unsaturated/α-hetero) is 1. The lowest BCUT2D eigenvalue weighted by molar-refractivity contribution is 0.0519. The van der Waals surface area contributed by atoms with Gasteiger partial charge in [-0.25, -0.2) is 4.79 Å². The van der Waals surface area contributed by atoms with Crippen molar-refractivity contribution in [1.29, 1.82) is 0 Å². The van der Waals surface area contributed by atoms with Crippen LogP contribution in [0.2, 0.25) is 5.02 Å². The number of halogens is 1. The average molecular weight is 403 g/mol. The van der Waals surface area contributed by atoms with Crippen molar-refractivity contribution in [2.24, 2.45) is 0 Å². The number of carbonyl (C=O) groups is 3. The minimum atomic E-state index is -0.492. The summed E-state index contributed by atoms with van der Waals surface area (Å²) in [6, 6.07) is 6.87. The Morgan fingerprint density at radius 3 is 2.50 bits per heavy atom. The summed E-state index contributed by atoms with van der Waals surface area (Å²) < 4.78 is 5.03. The third kappa shape index (κ3) is 3.97. The van der Waals surface area contributed by atoms with Gasteiger partial charge < -0.3 is 14.6 Å². The number of nitrogens with zero attached hydrogens (tertiary/aromatic N) is 1. The number of carbonyl (C=O) groups excluding carboxylic acids is 3. The molecule has 1 aromatic heterocycles. The summed E-state index contributed by atoms with van der Waals surface area (Å²) in [6.45, 7) is 5.36. The quantitative estimate of drug-likeness (QED) is 0.561. The molecule has 1 aliphatic rings. The Morgan fingerprint density at radius 2 is 1.89 bits per heavy atom. The molecule has 3 rings (SSSR count). The number of ether oxygens (including phenoxy) is 1. The minimum Gasteiger partial charge on any atom is -0.461 e. The topological polar surface area (TPSA) is 79.5 Å². The molecule has 1 N–H and O–H groups in total. The Bertz CT molecular complexity index is 930. The zero-order valence-electron chi connectivity index (χ0n) is 16.2. The third-order valence-corrected chi connectivity index (χ3v) is 5.19. The molecule has 0 aliphatic heterocycles. The zero-order valence-corrected chi connectivity index (χ0v) is 16.9. The lowest BCUT2D eigenvalue weighted by atomic mass is 10.0. The molecule has 148 valence electrons. The SMILES string of the molecule is CCOC(=O)c1[nH]c(C)c(C(=O)CN(C(=O)c2ccccc2Cl)C2CC2)c1C. The number of nitrogens with one attached hydrogen (secondary N) is 1. The molecule has 6 nitrogen and oxygen atoms in total. The number of hydrogen-bond acceptors (Lipinski definition) is 4. The first kappa shape index (κ1) is 20.1. The molecule has 2 aromatic rings. The number of esters is 1. The zero-order chi connectivity index (χ0) is 20.4. The number of aromatic nitrogens is 1. The molecule has 0 atom stereocenters. The number of amides is 1. The molecule has 1 fully saturated rings. The number of ketones is 1. The fourth-order valence-corrected chi connectivity index (χ4v) is 3.57. The van der Waals surface area contributed by atoms with Crippen molar-refractivity contribution in [1.82, 2.24) is 9.88 Å². The molecular weight excluding hydrogens is 380 g/mol. The molecule has 0 unspecified atom stereocenters. The highest BCUT2D eigenvalue weighted by Gasteiger charge is 2.36. The fraction of sp³-hybridized carbons (Fsp3) is 0.381. The number of hydrogen-bond donors (Lipinski definition) is 1. The second-order valence-corrected chi connectivity index (χ2v) is 7.32. The van der Waals surface area contributed by atoms with Crippen LogP contribution < -0.4 is 0 Å². The Hall–Kier alpha value is -2.60. The smallest absolute Gasteiger partial charge is 0.355 e. The average Bonchev–Trinajstić information content (AvgIpc) is 3.44. The lowest BCUT2D eigenvalue weighted by Crippen LogP contribution is -2.38. The number of rotatable bonds is 7. The van der Waals surface area contributed by atoms with Gasteiger partial charge in [0, 0.05) is 17.3 Å². The maximum absolute atomic E-state index is 13.0. The van der Waals surface area contributed by atoms with Crippen LogP contribution in [0.25, 0.3) is 0 Å². The summed E-state index contributed by atoms with van der Waals surface area (Å²) in [6.07, 6.45) is 1.73. The van der Waals surface area contributed by atoms with Crippen LogP contribution in [0.15, 0.2) is 24.3 Å². The summed E-state index contributed by atoms with van der Waals surface area (Å²) >= 11 is 6.17. The summed E-state index contributed by atoms with van der Waals surface area (Å²) in [5, 5.41) is 0.365. The highest BCUT2D eigenvalue weighted by Crippen LogP contribution is 2.30. The van der Waals surface area contributed by atoms with Gasteiger partial charge in [-0.3, -0.25) is 9.59 Å². The number of H-pyrrole nitrogens is 1. The first-order chi connectivity index (χ1) is 13.3. The maximum Gasteiger partial charge on any atom is 0.355 e. The molecule has 0 radical (unpaired) electrons. The molecule has 1 amide bonds. The van der Waals surface area contributed by atoms with Gasteiger partial charge in [-0.2, -0.15) is 0 Å². The third-order valence-electron chi connectivity index (χ3n) is 4.86. The van der Waals surface area contributed by atoms with Crippen LogP contribution in [-0.4, -0.2) is 46.7 Å². The van der Waals surface area contributed by atoms with Gasteiger partial charge in [-0.15, -0.1) is 0 Å². The first-order valence-corrected chi connectivity index (χ1v) is 9.67. The van der Waals surface area contributed by atoms with Crippen LogP contribution in [0.1, 0.15) is 62.2 Å².